The van der Waals surface area contributed by atoms with Crippen LogP contribution in [-0.4, -0.2) is 57.7 Å². The number of piperazine rings is 1. The van der Waals surface area contributed by atoms with Gasteiger partial charge in [0.15, 0.2) is 0 Å². The van der Waals surface area contributed by atoms with Crippen LogP contribution in [0, 0.1) is 0 Å². The zero-order chi connectivity index (χ0) is 25.2. The summed E-state index contributed by atoms with van der Waals surface area (Å²) in [4.78, 5) is 4.88. The summed E-state index contributed by atoms with van der Waals surface area (Å²) in [6.07, 6.45) is 1.24. The Kier molecular flexibility index (Phi) is 7.71. The topological polar surface area (TPSA) is 43.9 Å². The normalized spacial score (nSPS) is 15.8. The fraction of sp³-hybridized carbons (Fsp3) is 0.357. The first-order valence-corrected chi connectivity index (χ1v) is 14.5. The number of hydrogen-bond acceptors (Lipinski definition) is 4. The van der Waals surface area contributed by atoms with Gasteiger partial charge in [-0.15, -0.1) is 0 Å². The van der Waals surface area contributed by atoms with Crippen LogP contribution in [0.4, 0.5) is 11.4 Å². The molecule has 0 spiro atoms. The maximum Gasteiger partial charge on any atom is 0.236 e. The Hall–Kier alpha value is -2.19. The number of nitrogens with zero attached hydrogens (tertiary/aromatic N) is 3. The molecular formula is C28H34BrN3O2S. The molecule has 35 heavy (non-hydrogen) atoms. The predicted molar refractivity (Wildman–Crippen MR) is 149 cm³/mol. The van der Waals surface area contributed by atoms with E-state index in [1.54, 1.807) is 0 Å². The number of rotatable bonds is 7. The third kappa shape index (κ3) is 6.15. The lowest BCUT2D eigenvalue weighted by Crippen LogP contribution is -2.43. The van der Waals surface area contributed by atoms with Crippen LogP contribution < -0.4 is 4.31 Å². The molecule has 0 aromatic heterocycles. The minimum Gasteiger partial charge on any atom is -0.304 e. The molecule has 1 aliphatic heterocycles. The quantitative estimate of drug-likeness (QED) is 0.379. The van der Waals surface area contributed by atoms with Crippen LogP contribution >= 0.6 is 15.9 Å². The van der Waals surface area contributed by atoms with E-state index < -0.39 is 10.0 Å². The van der Waals surface area contributed by atoms with Crippen LogP contribution in [0.3, 0.4) is 0 Å². The van der Waals surface area contributed by atoms with Crippen LogP contribution in [0.5, 0.6) is 0 Å². The van der Waals surface area contributed by atoms with Gasteiger partial charge in [-0.25, -0.2) is 12.7 Å². The molecule has 0 N–H and O–H groups in total. The molecule has 7 heteroatoms. The fourth-order valence-corrected chi connectivity index (χ4v) is 6.11. The molecule has 1 heterocycles. The van der Waals surface area contributed by atoms with Crippen LogP contribution in [0.1, 0.15) is 30.5 Å². The number of para-hydroxylation sites is 1. The summed E-state index contributed by atoms with van der Waals surface area (Å²) >= 11 is 3.64. The largest absolute Gasteiger partial charge is 0.304 e. The van der Waals surface area contributed by atoms with Crippen LogP contribution in [0.25, 0.3) is 0 Å². The lowest BCUT2D eigenvalue weighted by atomic mass is 9.77. The van der Waals surface area contributed by atoms with Gasteiger partial charge in [-0.05, 0) is 54.1 Å². The van der Waals surface area contributed by atoms with Gasteiger partial charge in [-0.1, -0.05) is 72.2 Å². The summed E-state index contributed by atoms with van der Waals surface area (Å²) < 4.78 is 27.9. The molecule has 0 atom stereocenters. The molecule has 0 amide bonds. The number of sulfonamides is 1. The number of likely N-dealkylation sites (N-methyl/N-ethyl adjacent to an activating group) is 1. The summed E-state index contributed by atoms with van der Waals surface area (Å²) in [5, 5.41) is 0. The van der Waals surface area contributed by atoms with Crippen molar-refractivity contribution in [1.82, 2.24) is 9.80 Å². The van der Waals surface area contributed by atoms with Crippen molar-refractivity contribution < 1.29 is 8.42 Å². The fourth-order valence-electron chi connectivity index (χ4n) is 4.64. The minimum atomic E-state index is -3.54. The average molecular weight is 557 g/mol. The SMILES string of the molecule is CN1CCN(Cc2cccc(C(C)(C)c3cc(Br)cc(N(c4ccccc4)S(C)(=O)=O)c3)c2)CC1. The van der Waals surface area contributed by atoms with Gasteiger partial charge >= 0.3 is 0 Å². The Morgan fingerprint density at radius 2 is 1.54 bits per heavy atom. The van der Waals surface area contributed by atoms with E-state index >= 15 is 0 Å². The number of benzene rings is 3. The zero-order valence-electron chi connectivity index (χ0n) is 20.9. The van der Waals surface area contributed by atoms with Gasteiger partial charge in [0.2, 0.25) is 10.0 Å². The maximum absolute atomic E-state index is 12.8. The zero-order valence-corrected chi connectivity index (χ0v) is 23.3. The van der Waals surface area contributed by atoms with Crippen LogP contribution in [0.15, 0.2) is 77.3 Å². The lowest BCUT2D eigenvalue weighted by Gasteiger charge is -2.33. The summed E-state index contributed by atoms with van der Waals surface area (Å²) in [6, 6.07) is 23.9. The van der Waals surface area contributed by atoms with Gasteiger partial charge in [0.1, 0.15) is 0 Å². The third-order valence-electron chi connectivity index (χ3n) is 6.81. The number of anilines is 2. The molecule has 186 valence electrons. The van der Waals surface area contributed by atoms with E-state index in [4.69, 9.17) is 0 Å². The number of hydrogen-bond donors (Lipinski definition) is 0. The van der Waals surface area contributed by atoms with Crippen molar-refractivity contribution in [1.29, 1.82) is 0 Å². The second kappa shape index (κ2) is 10.4. The Labute approximate surface area is 218 Å². The highest BCUT2D eigenvalue weighted by atomic mass is 79.9. The highest BCUT2D eigenvalue weighted by Crippen LogP contribution is 2.38. The van der Waals surface area contributed by atoms with Gasteiger partial charge in [-0.3, -0.25) is 4.90 Å². The predicted octanol–water partition coefficient (Wildman–Crippen LogP) is 5.62. The highest BCUT2D eigenvalue weighted by Gasteiger charge is 2.27. The molecule has 1 fully saturated rings. The van der Waals surface area contributed by atoms with Crippen molar-refractivity contribution in [3.05, 3.63) is 94.0 Å². The molecule has 0 radical (unpaired) electrons. The molecule has 5 nitrogen and oxygen atoms in total. The van der Waals surface area contributed by atoms with E-state index in [2.05, 4.69) is 77.0 Å². The van der Waals surface area contributed by atoms with Crippen molar-refractivity contribution in [3.63, 3.8) is 0 Å². The minimum absolute atomic E-state index is 0.323. The molecule has 0 bridgehead atoms. The lowest BCUT2D eigenvalue weighted by molar-refractivity contribution is 0.148. The van der Waals surface area contributed by atoms with Gasteiger partial charge in [0, 0.05) is 42.6 Å². The molecule has 0 saturated carbocycles. The Bertz CT molecular complexity index is 1270. The Morgan fingerprint density at radius 1 is 0.857 bits per heavy atom. The summed E-state index contributed by atoms with van der Waals surface area (Å²) in [5.41, 5.74) is 4.46. The smallest absolute Gasteiger partial charge is 0.236 e. The first-order chi connectivity index (χ1) is 16.5. The summed E-state index contributed by atoms with van der Waals surface area (Å²) in [7, 11) is -1.36. The van der Waals surface area contributed by atoms with Crippen molar-refractivity contribution >= 4 is 37.3 Å². The molecule has 1 aliphatic rings. The highest BCUT2D eigenvalue weighted by molar-refractivity contribution is 9.10. The molecule has 0 unspecified atom stereocenters. The van der Waals surface area contributed by atoms with E-state index in [1.165, 1.54) is 21.7 Å². The second-order valence-electron chi connectivity index (χ2n) is 9.97. The van der Waals surface area contributed by atoms with E-state index in [-0.39, 0.29) is 5.41 Å². The second-order valence-corrected chi connectivity index (χ2v) is 12.7. The van der Waals surface area contributed by atoms with Crippen molar-refractivity contribution in [2.24, 2.45) is 0 Å². The molecule has 3 aromatic rings. The Morgan fingerprint density at radius 3 is 2.20 bits per heavy atom. The maximum atomic E-state index is 12.8. The molecule has 3 aromatic carbocycles. The monoisotopic (exact) mass is 555 g/mol. The molecule has 0 aliphatic carbocycles. The van der Waals surface area contributed by atoms with Crippen molar-refractivity contribution in [2.75, 3.05) is 43.8 Å². The first kappa shape index (κ1) is 25.9. The standard InChI is InChI=1S/C28H34BrN3O2S/c1-28(2,23-10-8-9-22(17-23)21-31-15-13-30(3)14-16-31)24-18-25(29)20-27(19-24)32(35(4,33)34)26-11-6-5-7-12-26/h5-12,17-20H,13-16,21H2,1-4H3. The number of halogens is 1. The van der Waals surface area contributed by atoms with Crippen LogP contribution in [0.2, 0.25) is 0 Å². The van der Waals surface area contributed by atoms with Crippen LogP contribution in [-0.2, 0) is 22.0 Å². The van der Waals surface area contributed by atoms with Gasteiger partial charge < -0.3 is 4.90 Å². The molecular weight excluding hydrogens is 522 g/mol. The van der Waals surface area contributed by atoms with E-state index in [0.29, 0.717) is 11.4 Å². The van der Waals surface area contributed by atoms with Gasteiger partial charge in [-0.2, -0.15) is 0 Å². The average Bonchev–Trinajstić information content (AvgIpc) is 2.80. The van der Waals surface area contributed by atoms with E-state index in [1.807, 2.05) is 42.5 Å². The van der Waals surface area contributed by atoms with Gasteiger partial charge in [0.25, 0.3) is 0 Å². The van der Waals surface area contributed by atoms with Gasteiger partial charge in [0.05, 0.1) is 17.6 Å². The Balaban J connectivity index is 1.68. The molecule has 4 rings (SSSR count). The summed E-state index contributed by atoms with van der Waals surface area (Å²) in [6.45, 7) is 9.70. The van der Waals surface area contributed by atoms with E-state index in [9.17, 15) is 8.42 Å². The van der Waals surface area contributed by atoms with E-state index in [0.717, 1.165) is 42.8 Å². The summed E-state index contributed by atoms with van der Waals surface area (Å²) in [5.74, 6) is 0. The third-order valence-corrected chi connectivity index (χ3v) is 8.35. The first-order valence-electron chi connectivity index (χ1n) is 11.9. The molecule has 1 saturated heterocycles. The van der Waals surface area contributed by atoms with Crippen molar-refractivity contribution in [3.8, 4) is 0 Å². The van der Waals surface area contributed by atoms with Crippen molar-refractivity contribution in [2.45, 2.75) is 25.8 Å².